The lowest BCUT2D eigenvalue weighted by molar-refractivity contribution is -0.192. The van der Waals surface area contributed by atoms with Crippen molar-refractivity contribution in [3.05, 3.63) is 0 Å². The van der Waals surface area contributed by atoms with E-state index in [1.807, 2.05) is 5.32 Å². The van der Waals surface area contributed by atoms with Crippen LogP contribution in [0.1, 0.15) is 25.7 Å². The Kier molecular flexibility index (Phi) is 2.89. The summed E-state index contributed by atoms with van der Waals surface area (Å²) in [5.74, 6) is -1.85. The Morgan fingerprint density at radius 1 is 1.29 bits per heavy atom. The molecule has 2 amide bonds. The Labute approximate surface area is 95.9 Å². The molecule has 4 nitrogen and oxygen atoms in total. The molecule has 0 aromatic carbocycles. The molecule has 7 heteroatoms. The van der Waals surface area contributed by atoms with Crippen molar-refractivity contribution in [1.29, 1.82) is 0 Å². The van der Waals surface area contributed by atoms with E-state index in [9.17, 15) is 22.8 Å². The van der Waals surface area contributed by atoms with Gasteiger partial charge in [-0.05, 0) is 32.2 Å². The van der Waals surface area contributed by atoms with E-state index in [4.69, 9.17) is 0 Å². The predicted molar refractivity (Wildman–Crippen MR) is 51.9 cm³/mol. The molecule has 2 fully saturated rings. The number of hydrogen-bond acceptors (Lipinski definition) is 3. The summed E-state index contributed by atoms with van der Waals surface area (Å²) in [6, 6.07) is -0.539. The second-order valence-electron chi connectivity index (χ2n) is 4.55. The van der Waals surface area contributed by atoms with Crippen LogP contribution in [-0.2, 0) is 9.59 Å². The zero-order valence-corrected chi connectivity index (χ0v) is 9.06. The fourth-order valence-electron chi connectivity index (χ4n) is 1.99. The lowest BCUT2D eigenvalue weighted by Gasteiger charge is -2.19. The number of hydrogen-bond donors (Lipinski definition) is 2. The van der Waals surface area contributed by atoms with Gasteiger partial charge >= 0.3 is 6.18 Å². The van der Waals surface area contributed by atoms with Gasteiger partial charge in [0.1, 0.15) is 5.41 Å². The van der Waals surface area contributed by atoms with Crippen LogP contribution in [0.2, 0.25) is 0 Å². The third-order valence-electron chi connectivity index (χ3n) is 3.34. The van der Waals surface area contributed by atoms with Crippen LogP contribution in [0, 0.1) is 5.41 Å². The van der Waals surface area contributed by atoms with E-state index in [0.717, 1.165) is 6.42 Å². The highest BCUT2D eigenvalue weighted by molar-refractivity contribution is 6.01. The minimum Gasteiger partial charge on any atom is -0.306 e. The van der Waals surface area contributed by atoms with Gasteiger partial charge < -0.3 is 5.32 Å². The summed E-state index contributed by atoms with van der Waals surface area (Å²) in [4.78, 5) is 23.0. The molecule has 2 N–H and O–H groups in total. The second-order valence-corrected chi connectivity index (χ2v) is 4.55. The number of carbonyl (C=O) groups is 2. The largest absolute Gasteiger partial charge is 0.403 e. The smallest absolute Gasteiger partial charge is 0.306 e. The van der Waals surface area contributed by atoms with E-state index in [1.54, 1.807) is 0 Å². The van der Waals surface area contributed by atoms with Crippen LogP contribution in [0.25, 0.3) is 0 Å². The number of imide groups is 1. The summed E-state index contributed by atoms with van der Waals surface area (Å²) >= 11 is 0. The summed E-state index contributed by atoms with van der Waals surface area (Å²) in [5, 5.41) is 4.70. The van der Waals surface area contributed by atoms with Gasteiger partial charge in [0.05, 0.1) is 6.04 Å². The summed E-state index contributed by atoms with van der Waals surface area (Å²) < 4.78 is 37.8. The molecule has 0 bridgehead atoms. The van der Waals surface area contributed by atoms with Gasteiger partial charge in [0.15, 0.2) is 0 Å². The predicted octanol–water partition coefficient (Wildman–Crippen LogP) is 0.724. The van der Waals surface area contributed by atoms with Gasteiger partial charge in [0.2, 0.25) is 11.8 Å². The van der Waals surface area contributed by atoms with Crippen molar-refractivity contribution in [1.82, 2.24) is 10.6 Å². The van der Waals surface area contributed by atoms with Gasteiger partial charge in [-0.25, -0.2) is 0 Å². The first-order chi connectivity index (χ1) is 7.87. The number of rotatable bonds is 2. The molecular weight excluding hydrogens is 237 g/mol. The van der Waals surface area contributed by atoms with Gasteiger partial charge in [-0.2, -0.15) is 13.2 Å². The van der Waals surface area contributed by atoms with Gasteiger partial charge in [-0.15, -0.1) is 0 Å². The third-order valence-corrected chi connectivity index (χ3v) is 3.34. The third kappa shape index (κ3) is 2.15. The summed E-state index contributed by atoms with van der Waals surface area (Å²) in [5.41, 5.74) is -2.32. The Hall–Kier alpha value is -1.11. The van der Waals surface area contributed by atoms with E-state index in [1.165, 1.54) is 0 Å². The van der Waals surface area contributed by atoms with E-state index in [2.05, 4.69) is 5.32 Å². The van der Waals surface area contributed by atoms with Crippen LogP contribution in [-0.4, -0.2) is 30.6 Å². The van der Waals surface area contributed by atoms with Crippen molar-refractivity contribution in [2.45, 2.75) is 37.9 Å². The van der Waals surface area contributed by atoms with Gasteiger partial charge in [-0.3, -0.25) is 14.9 Å². The normalized spacial score (nSPS) is 26.6. The number of alkyl halides is 3. The molecule has 2 aliphatic rings. The fourth-order valence-corrected chi connectivity index (χ4v) is 1.99. The molecule has 1 heterocycles. The first-order valence-electron chi connectivity index (χ1n) is 5.52. The molecule has 0 radical (unpaired) electrons. The van der Waals surface area contributed by atoms with Crippen molar-refractivity contribution in [2.75, 3.05) is 6.54 Å². The van der Waals surface area contributed by atoms with E-state index >= 15 is 0 Å². The van der Waals surface area contributed by atoms with Crippen molar-refractivity contribution >= 4 is 11.8 Å². The quantitative estimate of drug-likeness (QED) is 0.710. The highest BCUT2D eigenvalue weighted by Crippen LogP contribution is 2.57. The maximum absolute atomic E-state index is 12.6. The molecule has 1 unspecified atom stereocenters. The van der Waals surface area contributed by atoms with E-state index in [-0.39, 0.29) is 12.8 Å². The molecule has 1 aliphatic heterocycles. The monoisotopic (exact) mass is 250 g/mol. The zero-order valence-electron chi connectivity index (χ0n) is 9.06. The van der Waals surface area contributed by atoms with Gasteiger partial charge in [0, 0.05) is 0 Å². The standard InChI is InChI=1S/C10H13F3N2O2/c11-10(12,13)9(3-4-9)8(17)15-7(16)6-2-1-5-14-6/h6,14H,1-5H2,(H,15,16,17). The molecule has 0 spiro atoms. The topological polar surface area (TPSA) is 58.2 Å². The Balaban J connectivity index is 1.95. The lowest BCUT2D eigenvalue weighted by atomic mass is 10.1. The first-order valence-corrected chi connectivity index (χ1v) is 5.52. The molecule has 1 saturated carbocycles. The van der Waals surface area contributed by atoms with Crippen LogP contribution in [0.4, 0.5) is 13.2 Å². The van der Waals surface area contributed by atoms with Crippen molar-refractivity contribution in [3.63, 3.8) is 0 Å². The van der Waals surface area contributed by atoms with Crippen molar-refractivity contribution in [3.8, 4) is 0 Å². The number of amides is 2. The first kappa shape index (κ1) is 12.3. The molecule has 1 atom stereocenters. The Morgan fingerprint density at radius 2 is 1.94 bits per heavy atom. The van der Waals surface area contributed by atoms with Crippen LogP contribution in [0.5, 0.6) is 0 Å². The average Bonchev–Trinajstić information content (AvgIpc) is 2.87. The lowest BCUT2D eigenvalue weighted by Crippen LogP contribution is -2.49. The fraction of sp³-hybridized carbons (Fsp3) is 0.800. The Morgan fingerprint density at radius 3 is 2.35 bits per heavy atom. The molecule has 1 saturated heterocycles. The van der Waals surface area contributed by atoms with E-state index < -0.39 is 29.4 Å². The molecule has 17 heavy (non-hydrogen) atoms. The molecule has 1 aliphatic carbocycles. The molecule has 96 valence electrons. The van der Waals surface area contributed by atoms with Crippen LogP contribution in [0.3, 0.4) is 0 Å². The summed E-state index contributed by atoms with van der Waals surface area (Å²) in [6.45, 7) is 0.649. The molecule has 0 aromatic heterocycles. The maximum Gasteiger partial charge on any atom is 0.403 e. The molecule has 0 aromatic rings. The zero-order chi connectivity index (χ0) is 12.7. The average molecular weight is 250 g/mol. The number of nitrogens with one attached hydrogen (secondary N) is 2. The van der Waals surface area contributed by atoms with E-state index in [0.29, 0.717) is 13.0 Å². The summed E-state index contributed by atoms with van der Waals surface area (Å²) in [6.07, 6.45) is -3.68. The number of carbonyl (C=O) groups excluding carboxylic acids is 2. The minimum absolute atomic E-state index is 0.228. The van der Waals surface area contributed by atoms with Crippen molar-refractivity contribution < 1.29 is 22.8 Å². The van der Waals surface area contributed by atoms with Crippen LogP contribution >= 0.6 is 0 Å². The highest BCUT2D eigenvalue weighted by Gasteiger charge is 2.68. The van der Waals surface area contributed by atoms with Crippen LogP contribution in [0.15, 0.2) is 0 Å². The minimum atomic E-state index is -4.57. The second kappa shape index (κ2) is 3.97. The maximum atomic E-state index is 12.6. The summed E-state index contributed by atoms with van der Waals surface area (Å²) in [7, 11) is 0. The SMILES string of the molecule is O=C(NC(=O)C1(C(F)(F)F)CC1)C1CCCN1. The highest BCUT2D eigenvalue weighted by atomic mass is 19.4. The molecule has 2 rings (SSSR count). The van der Waals surface area contributed by atoms with Crippen LogP contribution < -0.4 is 10.6 Å². The van der Waals surface area contributed by atoms with Crippen molar-refractivity contribution in [2.24, 2.45) is 5.41 Å². The number of halogens is 3. The Bertz CT molecular complexity index is 344. The van der Waals surface area contributed by atoms with Gasteiger partial charge in [0.25, 0.3) is 0 Å². The van der Waals surface area contributed by atoms with Gasteiger partial charge in [-0.1, -0.05) is 0 Å². The molecular formula is C10H13F3N2O2.